The first-order valence-electron chi connectivity index (χ1n) is 4.54. The van der Waals surface area contributed by atoms with E-state index < -0.39 is 5.60 Å². The second-order valence-electron chi connectivity index (χ2n) is 4.28. The first kappa shape index (κ1) is 10.1. The fraction of sp³-hybridized carbons (Fsp3) is 0.700. The van der Waals surface area contributed by atoms with Crippen LogP contribution in [0.5, 0.6) is 0 Å². The zero-order chi connectivity index (χ0) is 10.1. The van der Waals surface area contributed by atoms with Gasteiger partial charge in [-0.2, -0.15) is 0 Å². The van der Waals surface area contributed by atoms with Gasteiger partial charge in [0.2, 0.25) is 0 Å². The number of carbonyl (C=O) groups is 1. The van der Waals surface area contributed by atoms with Crippen LogP contribution in [0.3, 0.4) is 0 Å². The van der Waals surface area contributed by atoms with Gasteiger partial charge >= 0.3 is 5.97 Å². The normalized spacial score (nSPS) is 17.8. The van der Waals surface area contributed by atoms with Gasteiger partial charge in [0, 0.05) is 6.42 Å². The Morgan fingerprint density at radius 3 is 2.38 bits per heavy atom. The van der Waals surface area contributed by atoms with Crippen LogP contribution in [0.25, 0.3) is 0 Å². The van der Waals surface area contributed by atoms with Gasteiger partial charge in [-0.05, 0) is 33.6 Å². The number of ether oxygens (including phenoxy) is 1. The summed E-state index contributed by atoms with van der Waals surface area (Å²) in [6.45, 7) is 5.45. The molecule has 0 radical (unpaired) electrons. The van der Waals surface area contributed by atoms with Crippen LogP contribution in [0.15, 0.2) is 11.3 Å². The van der Waals surface area contributed by atoms with Crippen molar-refractivity contribution in [3.63, 3.8) is 0 Å². The Kier molecular flexibility index (Phi) is 2.64. The monoisotopic (exact) mass is 184 g/mol. The summed E-state index contributed by atoms with van der Waals surface area (Å²) in [5.74, 6) is -0.170. The van der Waals surface area contributed by atoms with Gasteiger partial charge in [0.15, 0.2) is 0 Å². The molecule has 0 spiro atoms. The lowest BCUT2D eigenvalue weighted by molar-refractivity contribution is -0.150. The molecule has 0 saturated carbocycles. The van der Waals surface area contributed by atoms with Gasteiger partial charge < -0.3 is 9.84 Å². The van der Waals surface area contributed by atoms with E-state index in [4.69, 9.17) is 4.74 Å². The SMILES string of the molecule is CC(C)(C)OC(=O)C1=C(O)CCC1. The maximum atomic E-state index is 11.4. The van der Waals surface area contributed by atoms with E-state index in [2.05, 4.69) is 0 Å². The van der Waals surface area contributed by atoms with Crippen molar-refractivity contribution < 1.29 is 14.6 Å². The summed E-state index contributed by atoms with van der Waals surface area (Å²) in [5, 5.41) is 9.33. The topological polar surface area (TPSA) is 46.5 Å². The van der Waals surface area contributed by atoms with Crippen LogP contribution in [0, 0.1) is 0 Å². The molecular formula is C10H16O3. The third-order valence-corrected chi connectivity index (χ3v) is 1.83. The number of esters is 1. The molecule has 74 valence electrons. The van der Waals surface area contributed by atoms with Gasteiger partial charge in [0.1, 0.15) is 11.4 Å². The van der Waals surface area contributed by atoms with Crippen molar-refractivity contribution in [2.45, 2.75) is 45.6 Å². The molecule has 3 nitrogen and oxygen atoms in total. The van der Waals surface area contributed by atoms with Gasteiger partial charge in [-0.3, -0.25) is 0 Å². The molecular weight excluding hydrogens is 168 g/mol. The molecule has 0 heterocycles. The van der Waals surface area contributed by atoms with E-state index in [1.165, 1.54) is 0 Å². The van der Waals surface area contributed by atoms with Crippen molar-refractivity contribution in [3.8, 4) is 0 Å². The van der Waals surface area contributed by atoms with Crippen LogP contribution < -0.4 is 0 Å². The number of aliphatic hydroxyl groups excluding tert-OH is 1. The van der Waals surface area contributed by atoms with Crippen molar-refractivity contribution in [1.29, 1.82) is 0 Å². The van der Waals surface area contributed by atoms with Gasteiger partial charge in [0.25, 0.3) is 0 Å². The minimum Gasteiger partial charge on any atom is -0.512 e. The fourth-order valence-electron chi connectivity index (χ4n) is 1.29. The smallest absolute Gasteiger partial charge is 0.337 e. The molecule has 13 heavy (non-hydrogen) atoms. The quantitative estimate of drug-likeness (QED) is 0.636. The number of allylic oxidation sites excluding steroid dienone is 1. The third-order valence-electron chi connectivity index (χ3n) is 1.83. The average molecular weight is 184 g/mol. The standard InChI is InChI=1S/C10H16O3/c1-10(2,3)13-9(12)7-5-4-6-8(7)11/h11H,4-6H2,1-3H3. The first-order valence-corrected chi connectivity index (χ1v) is 4.54. The van der Waals surface area contributed by atoms with Crippen LogP contribution in [0.2, 0.25) is 0 Å². The highest BCUT2D eigenvalue weighted by molar-refractivity contribution is 5.89. The van der Waals surface area contributed by atoms with Crippen molar-refractivity contribution in [1.82, 2.24) is 0 Å². The van der Waals surface area contributed by atoms with Crippen molar-refractivity contribution >= 4 is 5.97 Å². The largest absolute Gasteiger partial charge is 0.512 e. The molecule has 1 aliphatic rings. The molecule has 0 amide bonds. The summed E-state index contributed by atoms with van der Waals surface area (Å²) >= 11 is 0. The number of carbonyl (C=O) groups excluding carboxylic acids is 1. The Bertz CT molecular complexity index is 245. The van der Waals surface area contributed by atoms with E-state index in [1.807, 2.05) is 20.8 Å². The molecule has 0 atom stereocenters. The van der Waals surface area contributed by atoms with Gasteiger partial charge in [-0.1, -0.05) is 0 Å². The highest BCUT2D eigenvalue weighted by Crippen LogP contribution is 2.26. The Morgan fingerprint density at radius 2 is 2.00 bits per heavy atom. The predicted octanol–water partition coefficient (Wildman–Crippen LogP) is 2.32. The molecule has 0 aromatic carbocycles. The number of aliphatic hydroxyl groups is 1. The van der Waals surface area contributed by atoms with Crippen LogP contribution in [0.1, 0.15) is 40.0 Å². The number of hydrogen-bond acceptors (Lipinski definition) is 3. The summed E-state index contributed by atoms with van der Waals surface area (Å²) in [6.07, 6.45) is 2.09. The van der Waals surface area contributed by atoms with Gasteiger partial charge in [0.05, 0.1) is 5.57 Å². The molecule has 1 N–H and O–H groups in total. The molecule has 0 aromatic rings. The van der Waals surface area contributed by atoms with E-state index in [1.54, 1.807) is 0 Å². The average Bonchev–Trinajstić information content (AvgIpc) is 2.30. The summed E-state index contributed by atoms with van der Waals surface area (Å²) in [4.78, 5) is 11.4. The summed E-state index contributed by atoms with van der Waals surface area (Å²) < 4.78 is 5.14. The molecule has 0 fully saturated rings. The molecule has 0 aliphatic heterocycles. The van der Waals surface area contributed by atoms with Crippen molar-refractivity contribution in [3.05, 3.63) is 11.3 Å². The molecule has 0 unspecified atom stereocenters. The lowest BCUT2D eigenvalue weighted by atomic mass is 10.2. The van der Waals surface area contributed by atoms with Crippen molar-refractivity contribution in [2.24, 2.45) is 0 Å². The lowest BCUT2D eigenvalue weighted by Crippen LogP contribution is -2.24. The van der Waals surface area contributed by atoms with E-state index in [0.717, 1.165) is 6.42 Å². The fourth-order valence-corrected chi connectivity index (χ4v) is 1.29. The summed E-state index contributed by atoms with van der Waals surface area (Å²) in [6, 6.07) is 0. The first-order chi connectivity index (χ1) is 5.90. The van der Waals surface area contributed by atoms with Gasteiger partial charge in [-0.15, -0.1) is 0 Å². The molecule has 3 heteroatoms. The minimum absolute atomic E-state index is 0.203. The predicted molar refractivity (Wildman–Crippen MR) is 49.4 cm³/mol. The summed E-state index contributed by atoms with van der Waals surface area (Å²) in [5.41, 5.74) is -0.0256. The van der Waals surface area contributed by atoms with E-state index in [-0.39, 0.29) is 11.7 Å². The van der Waals surface area contributed by atoms with E-state index in [9.17, 15) is 9.90 Å². The molecule has 0 bridgehead atoms. The van der Waals surface area contributed by atoms with Crippen molar-refractivity contribution in [2.75, 3.05) is 0 Å². The molecule has 1 aliphatic carbocycles. The lowest BCUT2D eigenvalue weighted by Gasteiger charge is -2.19. The van der Waals surface area contributed by atoms with Crippen LogP contribution >= 0.6 is 0 Å². The zero-order valence-corrected chi connectivity index (χ0v) is 8.39. The Morgan fingerprint density at radius 1 is 1.38 bits per heavy atom. The summed E-state index contributed by atoms with van der Waals surface area (Å²) in [7, 11) is 0. The van der Waals surface area contributed by atoms with Crippen LogP contribution in [-0.4, -0.2) is 16.7 Å². The molecule has 0 aromatic heterocycles. The molecule has 1 rings (SSSR count). The zero-order valence-electron chi connectivity index (χ0n) is 8.39. The van der Waals surface area contributed by atoms with Gasteiger partial charge in [-0.25, -0.2) is 4.79 Å². The Balaban J connectivity index is 2.64. The highest BCUT2D eigenvalue weighted by atomic mass is 16.6. The van der Waals surface area contributed by atoms with Crippen LogP contribution in [-0.2, 0) is 9.53 Å². The number of hydrogen-bond donors (Lipinski definition) is 1. The maximum Gasteiger partial charge on any atom is 0.337 e. The van der Waals surface area contributed by atoms with E-state index in [0.29, 0.717) is 18.4 Å². The highest BCUT2D eigenvalue weighted by Gasteiger charge is 2.25. The maximum absolute atomic E-state index is 11.4. The van der Waals surface area contributed by atoms with E-state index >= 15 is 0 Å². The second kappa shape index (κ2) is 3.40. The second-order valence-corrected chi connectivity index (χ2v) is 4.28. The number of rotatable bonds is 1. The Hall–Kier alpha value is -0.990. The third kappa shape index (κ3) is 2.76. The Labute approximate surface area is 78.4 Å². The minimum atomic E-state index is -0.479. The van der Waals surface area contributed by atoms with Crippen LogP contribution in [0.4, 0.5) is 0 Å². The molecule has 0 saturated heterocycles.